The summed E-state index contributed by atoms with van der Waals surface area (Å²) in [7, 11) is -1.93. The Hall–Kier alpha value is -0.590. The Morgan fingerprint density at radius 3 is 2.76 bits per heavy atom. The summed E-state index contributed by atoms with van der Waals surface area (Å²) < 4.78 is 29.4. The van der Waals surface area contributed by atoms with Crippen molar-refractivity contribution in [3.05, 3.63) is 11.5 Å². The summed E-state index contributed by atoms with van der Waals surface area (Å²) in [4.78, 5) is 3.94. The highest BCUT2D eigenvalue weighted by molar-refractivity contribution is 7.89. The van der Waals surface area contributed by atoms with E-state index in [9.17, 15) is 8.42 Å². The Bertz CT molecular complexity index is 672. The molecule has 5 nitrogen and oxygen atoms in total. The molecule has 1 N–H and O–H groups in total. The monoisotopic (exact) mass is 329 g/mol. The van der Waals surface area contributed by atoms with Crippen LogP contribution in [0, 0.1) is 23.7 Å². The standard InChI is InChI=1S/C14H20ClN3O2S/c1-18-7-16-14(13(18)15)21(19,20)17-12-6-8-5-11(12)10-4-2-3-9(8)10/h7-12,17H,2-6H2,1H3/t8-,9+,10-,11+,12-/m1/s1. The van der Waals surface area contributed by atoms with Crippen molar-refractivity contribution in [2.75, 3.05) is 0 Å². The van der Waals surface area contributed by atoms with E-state index < -0.39 is 10.0 Å². The van der Waals surface area contributed by atoms with Crippen LogP contribution in [0.25, 0.3) is 0 Å². The first-order valence-electron chi connectivity index (χ1n) is 7.66. The number of nitrogens with zero attached hydrogens (tertiary/aromatic N) is 2. The summed E-state index contributed by atoms with van der Waals surface area (Å²) in [6.07, 6.45) is 7.54. The number of halogens is 1. The number of nitrogens with one attached hydrogen (secondary N) is 1. The van der Waals surface area contributed by atoms with E-state index in [1.807, 2.05) is 0 Å². The molecular formula is C14H20ClN3O2S. The van der Waals surface area contributed by atoms with E-state index in [4.69, 9.17) is 11.6 Å². The van der Waals surface area contributed by atoms with Crippen LogP contribution in [0.15, 0.2) is 11.4 Å². The fourth-order valence-electron chi connectivity index (χ4n) is 5.03. The van der Waals surface area contributed by atoms with E-state index in [-0.39, 0.29) is 16.2 Å². The lowest BCUT2D eigenvalue weighted by molar-refractivity contribution is 0.224. The van der Waals surface area contributed by atoms with Gasteiger partial charge >= 0.3 is 0 Å². The molecule has 1 aromatic heterocycles. The number of rotatable bonds is 3. The number of fused-ring (bicyclic) bond motifs is 5. The van der Waals surface area contributed by atoms with Crippen LogP contribution in [-0.4, -0.2) is 24.0 Å². The molecule has 0 saturated heterocycles. The van der Waals surface area contributed by atoms with E-state index in [1.54, 1.807) is 7.05 Å². The highest BCUT2D eigenvalue weighted by Crippen LogP contribution is 2.58. The zero-order valence-corrected chi connectivity index (χ0v) is 13.6. The number of hydrogen-bond acceptors (Lipinski definition) is 3. The second kappa shape index (κ2) is 4.70. The first-order valence-corrected chi connectivity index (χ1v) is 9.52. The summed E-state index contributed by atoms with van der Waals surface area (Å²) in [6.45, 7) is 0. The van der Waals surface area contributed by atoms with Crippen molar-refractivity contribution in [1.29, 1.82) is 0 Å². The first-order chi connectivity index (χ1) is 9.97. The molecule has 0 spiro atoms. The van der Waals surface area contributed by atoms with E-state index in [0.29, 0.717) is 5.92 Å². The Kier molecular flexibility index (Phi) is 3.14. The first kappa shape index (κ1) is 14.0. The maximum atomic E-state index is 12.5. The quantitative estimate of drug-likeness (QED) is 0.924. The Morgan fingerprint density at radius 2 is 2.05 bits per heavy atom. The molecule has 4 rings (SSSR count). The molecule has 5 atom stereocenters. The number of aromatic nitrogens is 2. The normalized spacial score (nSPS) is 38.1. The van der Waals surface area contributed by atoms with Gasteiger partial charge < -0.3 is 4.57 Å². The highest BCUT2D eigenvalue weighted by Gasteiger charge is 2.54. The lowest BCUT2D eigenvalue weighted by atomic mass is 9.79. The number of aryl methyl sites for hydroxylation is 1. The van der Waals surface area contributed by atoms with Gasteiger partial charge in [0.05, 0.1) is 6.33 Å². The highest BCUT2D eigenvalue weighted by atomic mass is 35.5. The molecule has 0 aromatic carbocycles. The second-order valence-electron chi connectivity index (χ2n) is 6.83. The van der Waals surface area contributed by atoms with Gasteiger partial charge in [-0.2, -0.15) is 0 Å². The van der Waals surface area contributed by atoms with Gasteiger partial charge in [-0.1, -0.05) is 18.0 Å². The average Bonchev–Trinajstić information content (AvgIpc) is 3.12. The largest absolute Gasteiger partial charge is 0.324 e. The molecule has 7 heteroatoms. The van der Waals surface area contributed by atoms with Gasteiger partial charge in [0.15, 0.2) is 0 Å². The Balaban J connectivity index is 1.56. The molecular weight excluding hydrogens is 310 g/mol. The zero-order valence-electron chi connectivity index (χ0n) is 12.0. The van der Waals surface area contributed by atoms with Gasteiger partial charge in [0.1, 0.15) is 5.15 Å². The van der Waals surface area contributed by atoms with Crippen molar-refractivity contribution in [2.24, 2.45) is 30.7 Å². The van der Waals surface area contributed by atoms with Gasteiger partial charge in [0.2, 0.25) is 5.03 Å². The van der Waals surface area contributed by atoms with Gasteiger partial charge in [-0.05, 0) is 49.4 Å². The predicted octanol–water partition coefficient (Wildman–Crippen LogP) is 2.18. The van der Waals surface area contributed by atoms with Crippen LogP contribution < -0.4 is 4.72 Å². The molecule has 3 fully saturated rings. The minimum atomic E-state index is -3.62. The Labute approximate surface area is 130 Å². The molecule has 2 bridgehead atoms. The molecule has 21 heavy (non-hydrogen) atoms. The molecule has 116 valence electrons. The van der Waals surface area contributed by atoms with Gasteiger partial charge in [-0.15, -0.1) is 0 Å². The third-order valence-corrected chi connectivity index (χ3v) is 7.80. The lowest BCUT2D eigenvalue weighted by Crippen LogP contribution is -2.42. The molecule has 0 radical (unpaired) electrons. The van der Waals surface area contributed by atoms with E-state index in [2.05, 4.69) is 9.71 Å². The number of sulfonamides is 1. The van der Waals surface area contributed by atoms with E-state index >= 15 is 0 Å². The summed E-state index contributed by atoms with van der Waals surface area (Å²) in [6, 6.07) is 0.0671. The maximum Gasteiger partial charge on any atom is 0.261 e. The van der Waals surface area contributed by atoms with Crippen molar-refractivity contribution < 1.29 is 8.42 Å². The molecule has 3 saturated carbocycles. The molecule has 1 aromatic rings. The van der Waals surface area contributed by atoms with Gasteiger partial charge in [0.25, 0.3) is 10.0 Å². The van der Waals surface area contributed by atoms with Crippen molar-refractivity contribution in [3.8, 4) is 0 Å². The minimum absolute atomic E-state index is 0.0441. The summed E-state index contributed by atoms with van der Waals surface area (Å²) in [5, 5.41) is 0.127. The summed E-state index contributed by atoms with van der Waals surface area (Å²) >= 11 is 6.03. The van der Waals surface area contributed by atoms with Gasteiger partial charge in [0, 0.05) is 13.1 Å². The van der Waals surface area contributed by atoms with Crippen molar-refractivity contribution in [3.63, 3.8) is 0 Å². The third kappa shape index (κ3) is 2.06. The number of imidazole rings is 1. The smallest absolute Gasteiger partial charge is 0.261 e. The third-order valence-electron chi connectivity index (χ3n) is 5.82. The Morgan fingerprint density at radius 1 is 1.29 bits per heavy atom. The van der Waals surface area contributed by atoms with Crippen LogP contribution in [0.4, 0.5) is 0 Å². The fourth-order valence-corrected chi connectivity index (χ4v) is 6.76. The van der Waals surface area contributed by atoms with Crippen molar-refractivity contribution in [2.45, 2.75) is 43.2 Å². The second-order valence-corrected chi connectivity index (χ2v) is 8.82. The number of hydrogen-bond donors (Lipinski definition) is 1. The summed E-state index contributed by atoms with van der Waals surface area (Å²) in [5.74, 6) is 2.82. The molecule has 3 aliphatic rings. The molecule has 3 aliphatic carbocycles. The molecule has 1 heterocycles. The van der Waals surface area contributed by atoms with Crippen LogP contribution in [0.2, 0.25) is 5.15 Å². The van der Waals surface area contributed by atoms with Crippen LogP contribution in [0.3, 0.4) is 0 Å². The minimum Gasteiger partial charge on any atom is -0.324 e. The van der Waals surface area contributed by atoms with E-state index in [1.165, 1.54) is 36.6 Å². The molecule has 0 unspecified atom stereocenters. The van der Waals surface area contributed by atoms with Crippen molar-refractivity contribution in [1.82, 2.24) is 14.3 Å². The van der Waals surface area contributed by atoms with Crippen LogP contribution in [-0.2, 0) is 17.1 Å². The van der Waals surface area contributed by atoms with Gasteiger partial charge in [-0.3, -0.25) is 0 Å². The van der Waals surface area contributed by atoms with Gasteiger partial charge in [-0.25, -0.2) is 18.1 Å². The fraction of sp³-hybridized carbons (Fsp3) is 0.786. The van der Waals surface area contributed by atoms with E-state index in [0.717, 1.165) is 24.2 Å². The lowest BCUT2D eigenvalue weighted by Gasteiger charge is -2.31. The summed E-state index contributed by atoms with van der Waals surface area (Å²) in [5.41, 5.74) is 0. The molecule has 0 amide bonds. The van der Waals surface area contributed by atoms with Crippen molar-refractivity contribution >= 4 is 21.6 Å². The predicted molar refractivity (Wildman–Crippen MR) is 79.4 cm³/mol. The topological polar surface area (TPSA) is 64.0 Å². The average molecular weight is 330 g/mol. The van der Waals surface area contributed by atoms with Crippen LogP contribution >= 0.6 is 11.6 Å². The van der Waals surface area contributed by atoms with Crippen LogP contribution in [0.5, 0.6) is 0 Å². The SMILES string of the molecule is Cn1cnc(S(=O)(=O)N[C@@H]2C[C@H]3C[C@H]2[C@@H]2CCC[C@@H]32)c1Cl. The zero-order chi connectivity index (χ0) is 14.8. The van der Waals surface area contributed by atoms with Crippen LogP contribution in [0.1, 0.15) is 32.1 Å². The molecule has 0 aliphatic heterocycles. The maximum absolute atomic E-state index is 12.5.